The number of nitrogens with one attached hydrogen (secondary N) is 1. The molecule has 0 aromatic heterocycles. The Labute approximate surface area is 63.2 Å². The molecule has 1 heteroatoms. The average Bonchev–Trinajstić information content (AvgIpc) is 2.69. The zero-order chi connectivity index (χ0) is 6.97. The molecule has 2 rings (SSSR count). The Bertz CT molecular complexity index is 118. The second kappa shape index (κ2) is 2.54. The highest BCUT2D eigenvalue weighted by Crippen LogP contribution is 2.44. The third-order valence-electron chi connectivity index (χ3n) is 3.17. The van der Waals surface area contributed by atoms with E-state index in [0.717, 1.165) is 17.9 Å². The summed E-state index contributed by atoms with van der Waals surface area (Å²) in [6.45, 7) is 0. The fourth-order valence-corrected chi connectivity index (χ4v) is 2.44. The van der Waals surface area contributed by atoms with Crippen LogP contribution < -0.4 is 5.32 Å². The summed E-state index contributed by atoms with van der Waals surface area (Å²) in [5.41, 5.74) is 0. The maximum atomic E-state index is 3.44. The van der Waals surface area contributed by atoms with Gasteiger partial charge in [0, 0.05) is 6.04 Å². The van der Waals surface area contributed by atoms with Crippen molar-refractivity contribution in [2.75, 3.05) is 7.05 Å². The largest absolute Gasteiger partial charge is 0.317 e. The molecular formula is C9H17N. The van der Waals surface area contributed by atoms with Gasteiger partial charge in [0.2, 0.25) is 0 Å². The molecule has 2 aliphatic carbocycles. The molecule has 0 aromatic carbocycles. The van der Waals surface area contributed by atoms with Crippen LogP contribution >= 0.6 is 0 Å². The van der Waals surface area contributed by atoms with Gasteiger partial charge in [0.05, 0.1) is 0 Å². The second-order valence-electron chi connectivity index (χ2n) is 3.83. The van der Waals surface area contributed by atoms with Crippen LogP contribution in [0.5, 0.6) is 0 Å². The van der Waals surface area contributed by atoms with Crippen LogP contribution in [0.15, 0.2) is 0 Å². The van der Waals surface area contributed by atoms with Gasteiger partial charge < -0.3 is 5.32 Å². The second-order valence-corrected chi connectivity index (χ2v) is 3.83. The minimum Gasteiger partial charge on any atom is -0.317 e. The molecule has 2 atom stereocenters. The first-order valence-corrected chi connectivity index (χ1v) is 4.59. The predicted octanol–water partition coefficient (Wildman–Crippen LogP) is 1.78. The highest BCUT2D eigenvalue weighted by molar-refractivity contribution is 4.92. The number of hydrogen-bond donors (Lipinski definition) is 1. The van der Waals surface area contributed by atoms with Crippen molar-refractivity contribution in [3.63, 3.8) is 0 Å². The molecule has 0 aromatic rings. The van der Waals surface area contributed by atoms with Crippen LogP contribution in [-0.2, 0) is 0 Å². The number of rotatable bonds is 2. The van der Waals surface area contributed by atoms with Crippen LogP contribution in [0.4, 0.5) is 0 Å². The molecule has 0 heterocycles. The Hall–Kier alpha value is -0.0400. The van der Waals surface area contributed by atoms with Gasteiger partial charge in [0.1, 0.15) is 0 Å². The van der Waals surface area contributed by atoms with E-state index in [1.54, 1.807) is 0 Å². The molecule has 0 bridgehead atoms. The fraction of sp³-hybridized carbons (Fsp3) is 1.00. The molecule has 0 saturated heterocycles. The lowest BCUT2D eigenvalue weighted by atomic mass is 9.98. The SMILES string of the molecule is CNC1CCCC1C1CC1. The van der Waals surface area contributed by atoms with E-state index in [1.165, 1.54) is 32.1 Å². The molecule has 2 aliphatic rings. The van der Waals surface area contributed by atoms with Crippen LogP contribution in [0, 0.1) is 11.8 Å². The molecular weight excluding hydrogens is 122 g/mol. The molecule has 58 valence electrons. The maximum absolute atomic E-state index is 3.44. The van der Waals surface area contributed by atoms with E-state index in [1.807, 2.05) is 0 Å². The Kier molecular flexibility index (Phi) is 1.69. The molecule has 0 spiro atoms. The van der Waals surface area contributed by atoms with Crippen molar-refractivity contribution in [2.45, 2.75) is 38.1 Å². The molecule has 1 N–H and O–H groups in total. The van der Waals surface area contributed by atoms with E-state index in [2.05, 4.69) is 12.4 Å². The van der Waals surface area contributed by atoms with E-state index in [0.29, 0.717) is 0 Å². The summed E-state index contributed by atoms with van der Waals surface area (Å²) in [5, 5.41) is 3.44. The molecule has 2 unspecified atom stereocenters. The third kappa shape index (κ3) is 1.07. The molecule has 0 aliphatic heterocycles. The summed E-state index contributed by atoms with van der Waals surface area (Å²) >= 11 is 0. The van der Waals surface area contributed by atoms with E-state index in [9.17, 15) is 0 Å². The summed E-state index contributed by atoms with van der Waals surface area (Å²) in [5.74, 6) is 2.16. The van der Waals surface area contributed by atoms with Crippen LogP contribution in [0.1, 0.15) is 32.1 Å². The van der Waals surface area contributed by atoms with Gasteiger partial charge in [0.25, 0.3) is 0 Å². The van der Waals surface area contributed by atoms with Crippen molar-refractivity contribution < 1.29 is 0 Å². The fourth-order valence-electron chi connectivity index (χ4n) is 2.44. The van der Waals surface area contributed by atoms with Crippen molar-refractivity contribution in [1.82, 2.24) is 5.32 Å². The van der Waals surface area contributed by atoms with E-state index < -0.39 is 0 Å². The summed E-state index contributed by atoms with van der Waals surface area (Å²) in [6.07, 6.45) is 7.42. The standard InChI is InChI=1S/C9H17N/c1-10-9-4-2-3-8(9)7-5-6-7/h7-10H,2-6H2,1H3. The summed E-state index contributed by atoms with van der Waals surface area (Å²) < 4.78 is 0. The van der Waals surface area contributed by atoms with Gasteiger partial charge in [-0.05, 0) is 44.6 Å². The van der Waals surface area contributed by atoms with Crippen molar-refractivity contribution >= 4 is 0 Å². The Morgan fingerprint density at radius 3 is 2.50 bits per heavy atom. The lowest BCUT2D eigenvalue weighted by Gasteiger charge is -2.17. The smallest absolute Gasteiger partial charge is 0.00949 e. The first kappa shape index (κ1) is 6.66. The molecule has 0 amide bonds. The predicted molar refractivity (Wildman–Crippen MR) is 42.9 cm³/mol. The van der Waals surface area contributed by atoms with Gasteiger partial charge in [-0.15, -0.1) is 0 Å². The Balaban J connectivity index is 1.91. The van der Waals surface area contributed by atoms with Gasteiger partial charge in [0.15, 0.2) is 0 Å². The van der Waals surface area contributed by atoms with Crippen LogP contribution in [-0.4, -0.2) is 13.1 Å². The van der Waals surface area contributed by atoms with Gasteiger partial charge in [-0.3, -0.25) is 0 Å². The van der Waals surface area contributed by atoms with Crippen LogP contribution in [0.25, 0.3) is 0 Å². The van der Waals surface area contributed by atoms with E-state index in [-0.39, 0.29) is 0 Å². The highest BCUT2D eigenvalue weighted by atomic mass is 14.9. The van der Waals surface area contributed by atoms with Crippen LogP contribution in [0.3, 0.4) is 0 Å². The molecule has 10 heavy (non-hydrogen) atoms. The molecule has 0 radical (unpaired) electrons. The lowest BCUT2D eigenvalue weighted by molar-refractivity contribution is 0.382. The first-order chi connectivity index (χ1) is 4.92. The van der Waals surface area contributed by atoms with E-state index in [4.69, 9.17) is 0 Å². The normalized spacial score (nSPS) is 40.5. The van der Waals surface area contributed by atoms with Crippen molar-refractivity contribution in [1.29, 1.82) is 0 Å². The van der Waals surface area contributed by atoms with Crippen molar-refractivity contribution in [2.24, 2.45) is 11.8 Å². The topological polar surface area (TPSA) is 12.0 Å². The average molecular weight is 139 g/mol. The van der Waals surface area contributed by atoms with Gasteiger partial charge >= 0.3 is 0 Å². The van der Waals surface area contributed by atoms with E-state index >= 15 is 0 Å². The monoisotopic (exact) mass is 139 g/mol. The summed E-state index contributed by atoms with van der Waals surface area (Å²) in [6, 6.07) is 0.868. The lowest BCUT2D eigenvalue weighted by Crippen LogP contribution is -2.29. The van der Waals surface area contributed by atoms with Gasteiger partial charge in [-0.1, -0.05) is 6.42 Å². The quantitative estimate of drug-likeness (QED) is 0.615. The first-order valence-electron chi connectivity index (χ1n) is 4.59. The third-order valence-corrected chi connectivity index (χ3v) is 3.17. The summed E-state index contributed by atoms with van der Waals surface area (Å²) in [7, 11) is 2.12. The maximum Gasteiger partial charge on any atom is 0.00949 e. The number of hydrogen-bond acceptors (Lipinski definition) is 1. The van der Waals surface area contributed by atoms with Crippen LogP contribution in [0.2, 0.25) is 0 Å². The molecule has 2 fully saturated rings. The zero-order valence-electron chi connectivity index (χ0n) is 6.77. The molecule has 1 nitrogen and oxygen atoms in total. The minimum atomic E-state index is 0.868. The van der Waals surface area contributed by atoms with Gasteiger partial charge in [-0.25, -0.2) is 0 Å². The van der Waals surface area contributed by atoms with Gasteiger partial charge in [-0.2, -0.15) is 0 Å². The Morgan fingerprint density at radius 1 is 1.10 bits per heavy atom. The van der Waals surface area contributed by atoms with Crippen molar-refractivity contribution in [3.05, 3.63) is 0 Å². The minimum absolute atomic E-state index is 0.868. The van der Waals surface area contributed by atoms with Crippen molar-refractivity contribution in [3.8, 4) is 0 Å². The zero-order valence-corrected chi connectivity index (χ0v) is 6.77. The molecule has 2 saturated carbocycles. The Morgan fingerprint density at radius 2 is 1.90 bits per heavy atom. The summed E-state index contributed by atoms with van der Waals surface area (Å²) in [4.78, 5) is 0. The highest BCUT2D eigenvalue weighted by Gasteiger charge is 2.38.